The third-order valence-electron chi connectivity index (χ3n) is 3.58. The number of nitrogens with one attached hydrogen (secondary N) is 2. The lowest BCUT2D eigenvalue weighted by Gasteiger charge is -2.28. The van der Waals surface area contributed by atoms with Crippen molar-refractivity contribution in [3.63, 3.8) is 0 Å². The fourth-order valence-corrected chi connectivity index (χ4v) is 2.53. The summed E-state index contributed by atoms with van der Waals surface area (Å²) in [7, 11) is 0. The lowest BCUT2D eigenvalue weighted by atomic mass is 10.2. The van der Waals surface area contributed by atoms with Gasteiger partial charge in [0.05, 0.1) is 6.54 Å². The van der Waals surface area contributed by atoms with Crippen molar-refractivity contribution in [1.82, 2.24) is 5.32 Å². The average molecular weight is 320 g/mol. The summed E-state index contributed by atoms with van der Waals surface area (Å²) in [6.07, 6.45) is 0. The van der Waals surface area contributed by atoms with Gasteiger partial charge in [-0.2, -0.15) is 0 Å². The van der Waals surface area contributed by atoms with Gasteiger partial charge in [-0.25, -0.2) is 0 Å². The molecule has 5 heteroatoms. The van der Waals surface area contributed by atoms with E-state index in [-0.39, 0.29) is 23.9 Å². The molecular weight excluding hydrogens is 290 g/mol. The van der Waals surface area contributed by atoms with Crippen LogP contribution in [-0.4, -0.2) is 43.5 Å². The number of likely N-dealkylation sites (N-methyl/N-ethyl adjacent to an activating group) is 1. The monoisotopic (exact) mass is 320 g/mol. The van der Waals surface area contributed by atoms with Gasteiger partial charge in [-0.1, -0.05) is 18.2 Å². The van der Waals surface area contributed by atoms with Gasteiger partial charge < -0.3 is 15.1 Å². The Balaban J connectivity index is 2.75. The molecule has 1 unspecified atom stereocenters. The minimum absolute atomic E-state index is 0.0135. The number of benzene rings is 1. The first kappa shape index (κ1) is 19.2. The molecule has 128 valence electrons. The predicted molar refractivity (Wildman–Crippen MR) is 93.6 cm³/mol. The molecule has 1 aromatic carbocycles. The molecule has 2 amide bonds. The maximum absolute atomic E-state index is 12.7. The van der Waals surface area contributed by atoms with Gasteiger partial charge in [-0.05, 0) is 46.8 Å². The normalized spacial score (nSPS) is 12.3. The Kier molecular flexibility index (Phi) is 7.75. The number of hydrogen-bond donors (Lipinski definition) is 2. The van der Waals surface area contributed by atoms with E-state index >= 15 is 0 Å². The van der Waals surface area contributed by atoms with E-state index in [0.29, 0.717) is 13.1 Å². The molecule has 1 atom stereocenters. The van der Waals surface area contributed by atoms with Crippen LogP contribution in [0.5, 0.6) is 0 Å². The molecular formula is C18H30N3O2+. The number of nitrogens with zero attached hydrogens (tertiary/aromatic N) is 1. The fraction of sp³-hybridized carbons (Fsp3) is 0.556. The fourth-order valence-electron chi connectivity index (χ4n) is 2.53. The summed E-state index contributed by atoms with van der Waals surface area (Å²) >= 11 is 0. The Morgan fingerprint density at radius 3 is 2.17 bits per heavy atom. The van der Waals surface area contributed by atoms with E-state index < -0.39 is 0 Å². The maximum atomic E-state index is 12.7. The molecule has 1 aromatic rings. The second kappa shape index (κ2) is 9.30. The van der Waals surface area contributed by atoms with Gasteiger partial charge in [-0.3, -0.25) is 9.59 Å². The zero-order valence-corrected chi connectivity index (χ0v) is 14.9. The number of quaternary nitrogens is 1. The van der Waals surface area contributed by atoms with Crippen LogP contribution in [0.1, 0.15) is 34.6 Å². The number of para-hydroxylation sites is 1. The van der Waals surface area contributed by atoms with E-state index in [2.05, 4.69) is 5.32 Å². The van der Waals surface area contributed by atoms with Crippen LogP contribution in [0.4, 0.5) is 5.69 Å². The molecule has 0 heterocycles. The Hall–Kier alpha value is -1.88. The largest absolute Gasteiger partial charge is 0.349 e. The molecule has 0 saturated carbocycles. The van der Waals surface area contributed by atoms with E-state index in [4.69, 9.17) is 0 Å². The van der Waals surface area contributed by atoms with Gasteiger partial charge in [0.1, 0.15) is 0 Å². The van der Waals surface area contributed by atoms with E-state index in [1.807, 2.05) is 65.0 Å². The summed E-state index contributed by atoms with van der Waals surface area (Å²) in [6, 6.07) is 9.87. The van der Waals surface area contributed by atoms with Crippen molar-refractivity contribution in [2.75, 3.05) is 24.5 Å². The Morgan fingerprint density at radius 1 is 1.09 bits per heavy atom. The smallest absolute Gasteiger partial charge is 0.282 e. The highest BCUT2D eigenvalue weighted by Crippen LogP contribution is 2.16. The highest BCUT2D eigenvalue weighted by molar-refractivity contribution is 5.94. The van der Waals surface area contributed by atoms with Gasteiger partial charge in [0.25, 0.3) is 11.8 Å². The first-order valence-corrected chi connectivity index (χ1v) is 8.35. The highest BCUT2D eigenvalue weighted by Gasteiger charge is 2.24. The van der Waals surface area contributed by atoms with E-state index in [9.17, 15) is 9.59 Å². The first-order chi connectivity index (χ1) is 10.8. The molecule has 1 rings (SSSR count). The van der Waals surface area contributed by atoms with Crippen LogP contribution in [0.3, 0.4) is 0 Å². The number of carbonyl (C=O) groups is 2. The summed E-state index contributed by atoms with van der Waals surface area (Å²) in [6.45, 7) is 11.2. The van der Waals surface area contributed by atoms with Crippen LogP contribution in [0.15, 0.2) is 30.3 Å². The first-order valence-electron chi connectivity index (χ1n) is 8.35. The lowest BCUT2D eigenvalue weighted by Crippen LogP contribution is -3.14. The van der Waals surface area contributed by atoms with Crippen LogP contribution in [0.25, 0.3) is 0 Å². The lowest BCUT2D eigenvalue weighted by molar-refractivity contribution is -0.881. The number of rotatable bonds is 8. The quantitative estimate of drug-likeness (QED) is 0.746. The van der Waals surface area contributed by atoms with Crippen molar-refractivity contribution in [2.24, 2.45) is 0 Å². The topological polar surface area (TPSA) is 53.9 Å². The van der Waals surface area contributed by atoms with Crippen molar-refractivity contribution in [1.29, 1.82) is 0 Å². The van der Waals surface area contributed by atoms with E-state index in [1.165, 1.54) is 0 Å². The minimum Gasteiger partial charge on any atom is -0.349 e. The number of carbonyl (C=O) groups excluding carboxylic acids is 2. The standard InChI is InChI=1S/C18H29N3O2/c1-6-20(12-17(22)19-14(2)3)13-18(23)21(15(4)5)16-10-8-7-9-11-16/h7-11,14-15H,6,12-13H2,1-5H3,(H,19,22)/p+1. The zero-order valence-electron chi connectivity index (χ0n) is 14.9. The zero-order chi connectivity index (χ0) is 17.4. The van der Waals surface area contributed by atoms with Crippen molar-refractivity contribution >= 4 is 17.5 Å². The minimum atomic E-state index is -0.0135. The van der Waals surface area contributed by atoms with Gasteiger partial charge >= 0.3 is 0 Å². The van der Waals surface area contributed by atoms with Crippen LogP contribution in [0, 0.1) is 0 Å². The van der Waals surface area contributed by atoms with Gasteiger partial charge in [-0.15, -0.1) is 0 Å². The molecule has 0 aliphatic rings. The summed E-state index contributed by atoms with van der Waals surface area (Å²) in [5.41, 5.74) is 0.898. The van der Waals surface area contributed by atoms with Crippen LogP contribution < -0.4 is 15.1 Å². The second-order valence-corrected chi connectivity index (χ2v) is 6.37. The number of amides is 2. The Labute approximate surface area is 139 Å². The molecule has 0 fully saturated rings. The highest BCUT2D eigenvalue weighted by atomic mass is 16.2. The van der Waals surface area contributed by atoms with Gasteiger partial charge in [0.2, 0.25) is 0 Å². The molecule has 0 bridgehead atoms. The second-order valence-electron chi connectivity index (χ2n) is 6.37. The summed E-state index contributed by atoms with van der Waals surface area (Å²) < 4.78 is 0. The van der Waals surface area contributed by atoms with Crippen LogP contribution >= 0.6 is 0 Å². The van der Waals surface area contributed by atoms with Gasteiger partial charge in [0.15, 0.2) is 13.1 Å². The molecule has 0 spiro atoms. The predicted octanol–water partition coefficient (Wildman–Crippen LogP) is 0.857. The van der Waals surface area contributed by atoms with E-state index in [0.717, 1.165) is 17.1 Å². The molecule has 0 aliphatic heterocycles. The average Bonchev–Trinajstić information content (AvgIpc) is 2.46. The van der Waals surface area contributed by atoms with Crippen molar-refractivity contribution in [3.8, 4) is 0 Å². The molecule has 0 aliphatic carbocycles. The summed E-state index contributed by atoms with van der Waals surface area (Å²) in [4.78, 5) is 27.4. The molecule has 0 radical (unpaired) electrons. The van der Waals surface area contributed by atoms with E-state index in [1.54, 1.807) is 4.90 Å². The maximum Gasteiger partial charge on any atom is 0.282 e. The van der Waals surface area contributed by atoms with Crippen LogP contribution in [-0.2, 0) is 9.59 Å². The van der Waals surface area contributed by atoms with Crippen molar-refractivity contribution < 1.29 is 14.5 Å². The number of hydrogen-bond acceptors (Lipinski definition) is 2. The SMILES string of the molecule is CC[NH+](CC(=O)NC(C)C)CC(=O)N(c1ccccc1)C(C)C. The molecule has 5 nitrogen and oxygen atoms in total. The molecule has 0 saturated heterocycles. The third-order valence-corrected chi connectivity index (χ3v) is 3.58. The Bertz CT molecular complexity index is 500. The Morgan fingerprint density at radius 2 is 1.70 bits per heavy atom. The molecule has 2 N–H and O–H groups in total. The third kappa shape index (κ3) is 6.40. The molecule has 0 aromatic heterocycles. The van der Waals surface area contributed by atoms with Crippen molar-refractivity contribution in [2.45, 2.75) is 46.7 Å². The molecule has 23 heavy (non-hydrogen) atoms. The summed E-state index contributed by atoms with van der Waals surface area (Å²) in [5.74, 6) is 0.0286. The summed E-state index contributed by atoms with van der Waals surface area (Å²) in [5, 5.41) is 2.88. The van der Waals surface area contributed by atoms with Crippen molar-refractivity contribution in [3.05, 3.63) is 30.3 Å². The van der Waals surface area contributed by atoms with Gasteiger partial charge in [0, 0.05) is 17.8 Å². The number of anilines is 1. The van der Waals surface area contributed by atoms with Crippen LogP contribution in [0.2, 0.25) is 0 Å².